The van der Waals surface area contributed by atoms with Gasteiger partial charge < -0.3 is 14.6 Å². The van der Waals surface area contributed by atoms with Gasteiger partial charge in [-0.05, 0) is 96.6 Å². The normalized spacial score (nSPS) is 14.1. The van der Waals surface area contributed by atoms with Crippen LogP contribution < -0.4 is 9.47 Å². The van der Waals surface area contributed by atoms with E-state index in [1.165, 1.54) is 29.5 Å². The molecule has 2 rings (SSSR count). The Hall–Kier alpha value is -2.16. The van der Waals surface area contributed by atoms with Gasteiger partial charge in [-0.2, -0.15) is 0 Å². The molecule has 0 fully saturated rings. The molecule has 2 aromatic carbocycles. The van der Waals surface area contributed by atoms with Crippen molar-refractivity contribution in [1.29, 1.82) is 0 Å². The number of methoxy groups -OCH3 is 2. The van der Waals surface area contributed by atoms with Crippen molar-refractivity contribution in [2.75, 3.05) is 14.2 Å². The summed E-state index contributed by atoms with van der Waals surface area (Å²) in [5.74, 6) is 2.98. The SMILES string of the molecule is COc1cc(CCC(CC(CCc2ccc(O)c(OC)c2)C(C)(C)C)C(C)(C)C)ccc1C. The third kappa shape index (κ3) is 7.98. The standard InChI is InChI=1S/C30H46O3/c1-21-10-11-22(18-27(21)32-8)12-15-24(29(2,3)4)20-25(30(5,6)7)16-13-23-14-17-26(31)28(19-23)33-9/h10-11,14,17-19,24-25,31H,12-13,15-16,20H2,1-9H3. The first kappa shape index (κ1) is 27.1. The van der Waals surface area contributed by atoms with Crippen molar-refractivity contribution in [3.8, 4) is 17.2 Å². The number of phenols is 1. The molecule has 0 saturated carbocycles. The Morgan fingerprint density at radius 2 is 1.18 bits per heavy atom. The van der Waals surface area contributed by atoms with Gasteiger partial charge in [0.15, 0.2) is 11.5 Å². The number of hydrogen-bond acceptors (Lipinski definition) is 3. The van der Waals surface area contributed by atoms with Crippen molar-refractivity contribution in [3.05, 3.63) is 53.1 Å². The van der Waals surface area contributed by atoms with E-state index in [1.807, 2.05) is 12.1 Å². The lowest BCUT2D eigenvalue weighted by atomic mass is 9.66. The molecule has 0 amide bonds. The maximum atomic E-state index is 9.92. The molecular weight excluding hydrogens is 408 g/mol. The summed E-state index contributed by atoms with van der Waals surface area (Å²) in [6.45, 7) is 16.4. The van der Waals surface area contributed by atoms with Crippen LogP contribution in [0.5, 0.6) is 17.2 Å². The highest BCUT2D eigenvalue weighted by atomic mass is 16.5. The predicted molar refractivity (Wildman–Crippen MR) is 140 cm³/mol. The van der Waals surface area contributed by atoms with Crippen LogP contribution in [0.3, 0.4) is 0 Å². The first-order valence-corrected chi connectivity index (χ1v) is 12.3. The second-order valence-corrected chi connectivity index (χ2v) is 11.7. The van der Waals surface area contributed by atoms with Gasteiger partial charge >= 0.3 is 0 Å². The largest absolute Gasteiger partial charge is 0.504 e. The number of phenolic OH excluding ortho intramolecular Hbond substituents is 1. The molecule has 0 aromatic heterocycles. The second kappa shape index (κ2) is 11.3. The zero-order chi connectivity index (χ0) is 24.8. The molecule has 0 heterocycles. The average molecular weight is 455 g/mol. The Kier molecular flexibility index (Phi) is 9.29. The van der Waals surface area contributed by atoms with Crippen LogP contribution in [0.15, 0.2) is 36.4 Å². The zero-order valence-electron chi connectivity index (χ0n) is 22.4. The van der Waals surface area contributed by atoms with Gasteiger partial charge in [0, 0.05) is 0 Å². The van der Waals surface area contributed by atoms with E-state index in [0.29, 0.717) is 17.6 Å². The molecule has 0 bridgehead atoms. The summed E-state index contributed by atoms with van der Waals surface area (Å²) in [7, 11) is 3.36. The molecule has 0 saturated heterocycles. The molecule has 0 aliphatic carbocycles. The molecule has 0 radical (unpaired) electrons. The molecule has 2 unspecified atom stereocenters. The molecule has 2 atom stereocenters. The number of aromatic hydroxyl groups is 1. The minimum Gasteiger partial charge on any atom is -0.504 e. The minimum atomic E-state index is 0.203. The molecule has 0 aliphatic heterocycles. The number of benzene rings is 2. The van der Waals surface area contributed by atoms with Crippen LogP contribution in [0, 0.1) is 29.6 Å². The summed E-state index contributed by atoms with van der Waals surface area (Å²) in [5, 5.41) is 9.92. The molecule has 184 valence electrons. The summed E-state index contributed by atoms with van der Waals surface area (Å²) in [5.41, 5.74) is 4.25. The third-order valence-electron chi connectivity index (χ3n) is 7.30. The Balaban J connectivity index is 2.13. The van der Waals surface area contributed by atoms with Crippen molar-refractivity contribution < 1.29 is 14.6 Å². The van der Waals surface area contributed by atoms with Gasteiger partial charge in [0.2, 0.25) is 0 Å². The van der Waals surface area contributed by atoms with E-state index in [4.69, 9.17) is 9.47 Å². The number of aryl methyl sites for hydroxylation is 3. The molecule has 2 aromatic rings. The van der Waals surface area contributed by atoms with E-state index >= 15 is 0 Å². The summed E-state index contributed by atoms with van der Waals surface area (Å²) in [4.78, 5) is 0. The van der Waals surface area contributed by atoms with E-state index in [1.54, 1.807) is 20.3 Å². The van der Waals surface area contributed by atoms with Crippen LogP contribution in [0.1, 0.15) is 77.5 Å². The zero-order valence-corrected chi connectivity index (χ0v) is 22.4. The Morgan fingerprint density at radius 1 is 0.727 bits per heavy atom. The van der Waals surface area contributed by atoms with E-state index in [9.17, 15) is 5.11 Å². The molecule has 0 aliphatic rings. The highest BCUT2D eigenvalue weighted by Crippen LogP contribution is 2.42. The molecule has 3 heteroatoms. The lowest BCUT2D eigenvalue weighted by Crippen LogP contribution is -2.30. The fraction of sp³-hybridized carbons (Fsp3) is 0.600. The summed E-state index contributed by atoms with van der Waals surface area (Å²) in [6, 6.07) is 12.4. The van der Waals surface area contributed by atoms with Crippen LogP contribution in [0.4, 0.5) is 0 Å². The maximum Gasteiger partial charge on any atom is 0.160 e. The summed E-state index contributed by atoms with van der Waals surface area (Å²) in [6.07, 6.45) is 5.58. The van der Waals surface area contributed by atoms with Crippen LogP contribution >= 0.6 is 0 Å². The number of hydrogen-bond donors (Lipinski definition) is 1. The van der Waals surface area contributed by atoms with Gasteiger partial charge in [-0.15, -0.1) is 0 Å². The summed E-state index contributed by atoms with van der Waals surface area (Å²) >= 11 is 0. The fourth-order valence-electron chi connectivity index (χ4n) is 4.73. The van der Waals surface area contributed by atoms with Crippen molar-refractivity contribution in [2.45, 2.75) is 80.6 Å². The molecule has 33 heavy (non-hydrogen) atoms. The molecule has 1 N–H and O–H groups in total. The Morgan fingerprint density at radius 3 is 1.64 bits per heavy atom. The molecule has 0 spiro atoms. The van der Waals surface area contributed by atoms with Gasteiger partial charge in [0.1, 0.15) is 5.75 Å². The summed E-state index contributed by atoms with van der Waals surface area (Å²) < 4.78 is 10.9. The first-order chi connectivity index (χ1) is 15.3. The van der Waals surface area contributed by atoms with Gasteiger partial charge in [0.25, 0.3) is 0 Å². The van der Waals surface area contributed by atoms with Crippen LogP contribution in [-0.4, -0.2) is 19.3 Å². The van der Waals surface area contributed by atoms with Gasteiger partial charge in [-0.25, -0.2) is 0 Å². The van der Waals surface area contributed by atoms with E-state index in [2.05, 4.69) is 66.7 Å². The highest BCUT2D eigenvalue weighted by molar-refractivity contribution is 5.41. The van der Waals surface area contributed by atoms with Crippen LogP contribution in [0.2, 0.25) is 0 Å². The van der Waals surface area contributed by atoms with Crippen molar-refractivity contribution in [2.24, 2.45) is 22.7 Å². The number of rotatable bonds is 10. The Bertz CT molecular complexity index is 813. The topological polar surface area (TPSA) is 38.7 Å². The second-order valence-electron chi connectivity index (χ2n) is 11.7. The quantitative estimate of drug-likeness (QED) is 0.395. The third-order valence-corrected chi connectivity index (χ3v) is 7.30. The van der Waals surface area contributed by atoms with Crippen molar-refractivity contribution in [1.82, 2.24) is 0 Å². The van der Waals surface area contributed by atoms with E-state index < -0.39 is 0 Å². The number of ether oxygens (including phenoxy) is 2. The minimum absolute atomic E-state index is 0.203. The highest BCUT2D eigenvalue weighted by Gasteiger charge is 2.32. The van der Waals surface area contributed by atoms with Gasteiger partial charge in [0.05, 0.1) is 14.2 Å². The van der Waals surface area contributed by atoms with E-state index in [0.717, 1.165) is 25.0 Å². The lowest BCUT2D eigenvalue weighted by molar-refractivity contribution is 0.120. The van der Waals surface area contributed by atoms with Crippen LogP contribution in [-0.2, 0) is 12.8 Å². The van der Waals surface area contributed by atoms with E-state index in [-0.39, 0.29) is 16.6 Å². The lowest BCUT2D eigenvalue weighted by Gasteiger charge is -2.39. The monoisotopic (exact) mass is 454 g/mol. The Labute approximate surface area is 202 Å². The van der Waals surface area contributed by atoms with Crippen molar-refractivity contribution in [3.63, 3.8) is 0 Å². The first-order valence-electron chi connectivity index (χ1n) is 12.3. The maximum absolute atomic E-state index is 9.92. The predicted octanol–water partition coefficient (Wildman–Crippen LogP) is 8.00. The molecule has 3 nitrogen and oxygen atoms in total. The van der Waals surface area contributed by atoms with Gasteiger partial charge in [-0.1, -0.05) is 59.7 Å². The molecular formula is C30H46O3. The average Bonchev–Trinajstić information content (AvgIpc) is 2.73. The fourth-order valence-corrected chi connectivity index (χ4v) is 4.73. The van der Waals surface area contributed by atoms with Crippen LogP contribution in [0.25, 0.3) is 0 Å². The van der Waals surface area contributed by atoms with Gasteiger partial charge in [-0.3, -0.25) is 0 Å². The van der Waals surface area contributed by atoms with Crippen molar-refractivity contribution >= 4 is 0 Å². The smallest absolute Gasteiger partial charge is 0.160 e.